The molecule has 1 aliphatic heterocycles. The molecule has 3 heterocycles. The summed E-state index contributed by atoms with van der Waals surface area (Å²) in [5, 5.41) is 3.33. The van der Waals surface area contributed by atoms with E-state index in [9.17, 15) is 13.6 Å². The van der Waals surface area contributed by atoms with Crippen LogP contribution < -0.4 is 16.0 Å². The third kappa shape index (κ3) is 4.16. The number of aromatic nitrogens is 1. The van der Waals surface area contributed by atoms with Crippen molar-refractivity contribution in [1.82, 2.24) is 10.3 Å². The molecule has 3 atom stereocenters. The summed E-state index contributed by atoms with van der Waals surface area (Å²) in [6.45, 7) is 5.73. The van der Waals surface area contributed by atoms with Crippen LogP contribution in [0.5, 0.6) is 0 Å². The van der Waals surface area contributed by atoms with E-state index in [1.807, 2.05) is 19.1 Å². The highest BCUT2D eigenvalue weighted by Crippen LogP contribution is 2.39. The topological polar surface area (TPSA) is 71.2 Å². The fourth-order valence-electron chi connectivity index (χ4n) is 5.21. The number of nitrogen functional groups attached to an aromatic ring is 1. The predicted octanol–water partition coefficient (Wildman–Crippen LogP) is 5.23. The van der Waals surface area contributed by atoms with E-state index in [0.29, 0.717) is 39.2 Å². The van der Waals surface area contributed by atoms with E-state index < -0.39 is 5.82 Å². The van der Waals surface area contributed by atoms with E-state index in [1.54, 1.807) is 13.0 Å². The lowest BCUT2D eigenvalue weighted by molar-refractivity contribution is 0.0956. The molecule has 2 fully saturated rings. The summed E-state index contributed by atoms with van der Waals surface area (Å²) in [6, 6.07) is 6.74. The standard InChI is InChI=1S/C25H28F2N4OS/c1-13(10-29-24(32)23-22(28)18-9-19(26)14(2)30-25(18)33-23)17-5-6-21(20(27)8-17)31-11-15-3-4-16(7-15)12-31/h5-6,8-9,13,15-16H,3-4,7,10-12,28H2,1-2H3,(H,29,32)/t13-,15?,16?/m0/s1. The molecule has 174 valence electrons. The second kappa shape index (κ2) is 8.56. The zero-order valence-electron chi connectivity index (χ0n) is 18.8. The Hall–Kier alpha value is -2.74. The molecular formula is C25H28F2N4OS. The highest BCUT2D eigenvalue weighted by molar-refractivity contribution is 7.21. The Labute approximate surface area is 196 Å². The van der Waals surface area contributed by atoms with Gasteiger partial charge in [-0.2, -0.15) is 0 Å². The molecule has 1 saturated carbocycles. The number of anilines is 2. The number of benzene rings is 1. The number of carbonyl (C=O) groups excluding carboxylic acids is 1. The number of rotatable bonds is 5. The number of pyridine rings is 1. The Bertz CT molecular complexity index is 1210. The summed E-state index contributed by atoms with van der Waals surface area (Å²) in [6.07, 6.45) is 3.79. The minimum Gasteiger partial charge on any atom is -0.397 e. The summed E-state index contributed by atoms with van der Waals surface area (Å²) in [4.78, 5) is 20.0. The predicted molar refractivity (Wildman–Crippen MR) is 129 cm³/mol. The van der Waals surface area contributed by atoms with Crippen LogP contribution in [0.3, 0.4) is 0 Å². The molecular weight excluding hydrogens is 442 g/mol. The van der Waals surface area contributed by atoms with Gasteiger partial charge in [-0.25, -0.2) is 13.8 Å². The van der Waals surface area contributed by atoms with Crippen LogP contribution in [0, 0.1) is 30.4 Å². The molecule has 5 rings (SSSR count). The van der Waals surface area contributed by atoms with Gasteiger partial charge < -0.3 is 16.0 Å². The Morgan fingerprint density at radius 1 is 1.24 bits per heavy atom. The summed E-state index contributed by atoms with van der Waals surface area (Å²) in [5.41, 5.74) is 8.11. The van der Waals surface area contributed by atoms with E-state index in [-0.39, 0.29) is 29.0 Å². The number of nitrogens with two attached hydrogens (primary N) is 1. The van der Waals surface area contributed by atoms with Crippen molar-refractivity contribution in [1.29, 1.82) is 0 Å². The first-order chi connectivity index (χ1) is 15.8. The van der Waals surface area contributed by atoms with E-state index in [4.69, 9.17) is 5.73 Å². The quantitative estimate of drug-likeness (QED) is 0.535. The van der Waals surface area contributed by atoms with E-state index in [0.717, 1.165) is 30.0 Å². The summed E-state index contributed by atoms with van der Waals surface area (Å²) in [7, 11) is 0. The maximum Gasteiger partial charge on any atom is 0.263 e. The minimum absolute atomic E-state index is 0.0801. The van der Waals surface area contributed by atoms with Gasteiger partial charge in [0.1, 0.15) is 21.3 Å². The number of hydrogen-bond acceptors (Lipinski definition) is 5. The van der Waals surface area contributed by atoms with E-state index in [1.165, 1.54) is 25.3 Å². The van der Waals surface area contributed by atoms with Gasteiger partial charge in [-0.3, -0.25) is 4.79 Å². The third-order valence-corrected chi connectivity index (χ3v) is 8.23. The SMILES string of the molecule is Cc1nc2sc(C(=O)NC[C@H](C)c3ccc(N4CC5CCC(C5)C4)c(F)c3)c(N)c2cc1F. The average Bonchev–Trinajstić information content (AvgIpc) is 3.30. The van der Waals surface area contributed by atoms with Gasteiger partial charge in [-0.05, 0) is 67.7 Å². The second-order valence-corrected chi connectivity index (χ2v) is 10.5. The molecule has 33 heavy (non-hydrogen) atoms. The van der Waals surface area contributed by atoms with Crippen molar-refractivity contribution in [2.24, 2.45) is 11.8 Å². The molecule has 2 bridgehead atoms. The Balaban J connectivity index is 1.26. The summed E-state index contributed by atoms with van der Waals surface area (Å²) < 4.78 is 28.8. The fourth-order valence-corrected chi connectivity index (χ4v) is 6.25. The van der Waals surface area contributed by atoms with Crippen LogP contribution in [0.2, 0.25) is 0 Å². The molecule has 8 heteroatoms. The van der Waals surface area contributed by atoms with E-state index >= 15 is 0 Å². The van der Waals surface area contributed by atoms with Crippen molar-refractivity contribution in [2.75, 3.05) is 30.3 Å². The van der Waals surface area contributed by atoms with Crippen LogP contribution in [-0.2, 0) is 0 Å². The Kier molecular flexibility index (Phi) is 5.72. The molecule has 2 unspecified atom stereocenters. The number of nitrogens with zero attached hydrogens (tertiary/aromatic N) is 2. The maximum absolute atomic E-state index is 15.0. The van der Waals surface area contributed by atoms with Gasteiger partial charge in [0.2, 0.25) is 0 Å². The number of halogens is 2. The lowest BCUT2D eigenvalue weighted by Crippen LogP contribution is -2.36. The molecule has 0 spiro atoms. The summed E-state index contributed by atoms with van der Waals surface area (Å²) in [5.74, 6) is 0.312. The Morgan fingerprint density at radius 3 is 2.67 bits per heavy atom. The second-order valence-electron chi connectivity index (χ2n) is 9.53. The largest absolute Gasteiger partial charge is 0.397 e. The monoisotopic (exact) mass is 470 g/mol. The molecule has 1 saturated heterocycles. The number of piperidine rings is 1. The highest BCUT2D eigenvalue weighted by atomic mass is 32.1. The lowest BCUT2D eigenvalue weighted by Gasteiger charge is -2.34. The number of thiophene rings is 1. The molecule has 2 aromatic heterocycles. The van der Waals surface area contributed by atoms with Crippen molar-refractivity contribution in [2.45, 2.75) is 39.0 Å². The molecule has 3 N–H and O–H groups in total. The van der Waals surface area contributed by atoms with Crippen molar-refractivity contribution >= 4 is 38.8 Å². The van der Waals surface area contributed by atoms with Crippen LogP contribution >= 0.6 is 11.3 Å². The van der Waals surface area contributed by atoms with Gasteiger partial charge in [-0.1, -0.05) is 13.0 Å². The Morgan fingerprint density at radius 2 is 1.97 bits per heavy atom. The van der Waals surface area contributed by atoms with Crippen LogP contribution in [0.4, 0.5) is 20.2 Å². The smallest absolute Gasteiger partial charge is 0.263 e. The fraction of sp³-hybridized carbons (Fsp3) is 0.440. The minimum atomic E-state index is -0.449. The number of nitrogens with one attached hydrogen (secondary N) is 1. The normalized spacial score (nSPS) is 20.9. The molecule has 0 radical (unpaired) electrons. The molecule has 3 aromatic rings. The van der Waals surface area contributed by atoms with Gasteiger partial charge >= 0.3 is 0 Å². The highest BCUT2D eigenvalue weighted by Gasteiger charge is 2.33. The molecule has 1 amide bonds. The number of fused-ring (bicyclic) bond motifs is 3. The maximum atomic E-state index is 15.0. The first kappa shape index (κ1) is 22.1. The van der Waals surface area contributed by atoms with Crippen LogP contribution in [0.25, 0.3) is 10.2 Å². The van der Waals surface area contributed by atoms with Crippen molar-refractivity contribution in [3.63, 3.8) is 0 Å². The third-order valence-electron chi connectivity index (χ3n) is 7.11. The zero-order valence-corrected chi connectivity index (χ0v) is 19.6. The number of aryl methyl sites for hydroxylation is 1. The molecule has 1 aromatic carbocycles. The molecule has 5 nitrogen and oxygen atoms in total. The van der Waals surface area contributed by atoms with Gasteiger partial charge in [0, 0.05) is 25.0 Å². The van der Waals surface area contributed by atoms with Gasteiger partial charge in [0.05, 0.1) is 17.1 Å². The van der Waals surface area contributed by atoms with Crippen molar-refractivity contribution < 1.29 is 13.6 Å². The van der Waals surface area contributed by atoms with Crippen molar-refractivity contribution in [3.8, 4) is 0 Å². The average molecular weight is 471 g/mol. The van der Waals surface area contributed by atoms with Crippen molar-refractivity contribution in [3.05, 3.63) is 52.0 Å². The number of amides is 1. The lowest BCUT2D eigenvalue weighted by atomic mass is 9.96. The number of hydrogen-bond donors (Lipinski definition) is 2. The first-order valence-electron chi connectivity index (χ1n) is 11.5. The molecule has 2 aliphatic rings. The zero-order chi connectivity index (χ0) is 23.3. The van der Waals surface area contributed by atoms with Gasteiger partial charge in [0.25, 0.3) is 5.91 Å². The molecule has 1 aliphatic carbocycles. The van der Waals surface area contributed by atoms with E-state index in [2.05, 4.69) is 15.2 Å². The van der Waals surface area contributed by atoms with Crippen LogP contribution in [0.15, 0.2) is 24.3 Å². The van der Waals surface area contributed by atoms with Crippen LogP contribution in [0.1, 0.15) is 53.0 Å². The number of carbonyl (C=O) groups is 1. The van der Waals surface area contributed by atoms with Crippen LogP contribution in [-0.4, -0.2) is 30.5 Å². The summed E-state index contributed by atoms with van der Waals surface area (Å²) >= 11 is 1.15. The van der Waals surface area contributed by atoms with Gasteiger partial charge in [-0.15, -0.1) is 11.3 Å². The first-order valence-corrected chi connectivity index (χ1v) is 12.3. The van der Waals surface area contributed by atoms with Gasteiger partial charge in [0.15, 0.2) is 0 Å².